The molecule has 0 amide bonds. The first kappa shape index (κ1) is 10.8. The van der Waals surface area contributed by atoms with Crippen LogP contribution in [0.5, 0.6) is 0 Å². The fourth-order valence-electron chi connectivity index (χ4n) is 1.58. The first-order valence-electron chi connectivity index (χ1n) is 4.58. The minimum atomic E-state index is -1.32. The van der Waals surface area contributed by atoms with Gasteiger partial charge in [-0.3, -0.25) is 0 Å². The molecule has 0 unspecified atom stereocenters. The standard InChI is InChI=1S/C10H7N3O4/c11-8-7(10(14)15)5-3-1-2-4-6(5)12-9(8)13(16)17/h1-4H,11H2,(H,14,15). The van der Waals surface area contributed by atoms with Crippen LogP contribution in [0.2, 0.25) is 0 Å². The van der Waals surface area contributed by atoms with Crippen molar-refractivity contribution < 1.29 is 14.8 Å². The number of hydrogen-bond acceptors (Lipinski definition) is 5. The van der Waals surface area contributed by atoms with Gasteiger partial charge < -0.3 is 21.0 Å². The Kier molecular flexibility index (Phi) is 2.36. The average molecular weight is 233 g/mol. The highest BCUT2D eigenvalue weighted by Gasteiger charge is 2.25. The van der Waals surface area contributed by atoms with Gasteiger partial charge in [-0.05, 0) is 22.0 Å². The Labute approximate surface area is 94.6 Å². The molecule has 0 aliphatic rings. The normalized spacial score (nSPS) is 10.4. The Balaban J connectivity index is 2.95. The third kappa shape index (κ3) is 1.63. The Morgan fingerprint density at radius 3 is 2.65 bits per heavy atom. The molecule has 0 saturated heterocycles. The van der Waals surface area contributed by atoms with Crippen LogP contribution in [-0.2, 0) is 0 Å². The smallest absolute Gasteiger partial charge is 0.388 e. The number of hydrogen-bond donors (Lipinski definition) is 2. The van der Waals surface area contributed by atoms with Gasteiger partial charge in [-0.25, -0.2) is 4.79 Å². The lowest BCUT2D eigenvalue weighted by atomic mass is 10.1. The van der Waals surface area contributed by atoms with Crippen molar-refractivity contribution in [2.24, 2.45) is 0 Å². The SMILES string of the molecule is Nc1c([N+](=O)[O-])nc2ccccc2c1C(=O)O. The second-order valence-corrected chi connectivity index (χ2v) is 3.30. The zero-order chi connectivity index (χ0) is 12.6. The van der Waals surface area contributed by atoms with Gasteiger partial charge in [0.25, 0.3) is 0 Å². The number of para-hydroxylation sites is 1. The van der Waals surface area contributed by atoms with Crippen LogP contribution in [0.4, 0.5) is 11.5 Å². The summed E-state index contributed by atoms with van der Waals surface area (Å²) in [6, 6.07) is 6.22. The fraction of sp³-hybridized carbons (Fsp3) is 0. The van der Waals surface area contributed by atoms with Crippen LogP contribution in [0.15, 0.2) is 24.3 Å². The lowest BCUT2D eigenvalue weighted by Gasteiger charge is -2.04. The molecule has 1 aromatic heterocycles. The molecule has 0 radical (unpaired) electrons. The Morgan fingerprint density at radius 2 is 2.06 bits per heavy atom. The van der Waals surface area contributed by atoms with Gasteiger partial charge in [0.2, 0.25) is 0 Å². The number of carboxylic acid groups (broad SMARTS) is 1. The topological polar surface area (TPSA) is 119 Å². The van der Waals surface area contributed by atoms with Crippen molar-refractivity contribution in [3.63, 3.8) is 0 Å². The van der Waals surface area contributed by atoms with Gasteiger partial charge in [0.1, 0.15) is 11.3 Å². The Morgan fingerprint density at radius 1 is 1.41 bits per heavy atom. The molecule has 2 aromatic rings. The van der Waals surface area contributed by atoms with Crippen LogP contribution in [0.25, 0.3) is 10.9 Å². The summed E-state index contributed by atoms with van der Waals surface area (Å²) in [5.41, 5.74) is 4.97. The predicted octanol–water partition coefficient (Wildman–Crippen LogP) is 1.42. The van der Waals surface area contributed by atoms with E-state index < -0.39 is 22.4 Å². The summed E-state index contributed by atoms with van der Waals surface area (Å²) in [5.74, 6) is -1.95. The number of pyridine rings is 1. The molecule has 7 nitrogen and oxygen atoms in total. The molecule has 0 bridgehead atoms. The molecule has 0 aliphatic heterocycles. The number of nitrogens with two attached hydrogens (primary N) is 1. The van der Waals surface area contributed by atoms with E-state index in [0.717, 1.165) is 0 Å². The molecule has 17 heavy (non-hydrogen) atoms. The minimum absolute atomic E-state index is 0.228. The van der Waals surface area contributed by atoms with Crippen LogP contribution >= 0.6 is 0 Å². The van der Waals surface area contributed by atoms with Crippen molar-refractivity contribution in [1.82, 2.24) is 4.98 Å². The van der Waals surface area contributed by atoms with E-state index in [9.17, 15) is 14.9 Å². The zero-order valence-corrected chi connectivity index (χ0v) is 8.45. The monoisotopic (exact) mass is 233 g/mol. The van der Waals surface area contributed by atoms with Crippen molar-refractivity contribution >= 4 is 28.4 Å². The molecular weight excluding hydrogens is 226 g/mol. The lowest BCUT2D eigenvalue weighted by molar-refractivity contribution is -0.388. The zero-order valence-electron chi connectivity index (χ0n) is 8.45. The van der Waals surface area contributed by atoms with Gasteiger partial charge in [0, 0.05) is 5.39 Å². The minimum Gasteiger partial charge on any atom is -0.478 e. The van der Waals surface area contributed by atoms with Crippen LogP contribution in [-0.4, -0.2) is 21.0 Å². The first-order valence-corrected chi connectivity index (χ1v) is 4.58. The number of anilines is 1. The summed E-state index contributed by atoms with van der Waals surface area (Å²) in [7, 11) is 0. The number of nitrogen functional groups attached to an aromatic ring is 1. The molecule has 86 valence electrons. The number of fused-ring (bicyclic) bond motifs is 1. The van der Waals surface area contributed by atoms with E-state index in [-0.39, 0.29) is 16.5 Å². The molecule has 1 aromatic carbocycles. The molecule has 3 N–H and O–H groups in total. The highest BCUT2D eigenvalue weighted by Crippen LogP contribution is 2.29. The van der Waals surface area contributed by atoms with Crippen LogP contribution in [0.1, 0.15) is 10.4 Å². The lowest BCUT2D eigenvalue weighted by Crippen LogP contribution is -2.08. The van der Waals surface area contributed by atoms with Gasteiger partial charge in [0.05, 0.1) is 0 Å². The maximum atomic E-state index is 11.1. The fourth-order valence-corrected chi connectivity index (χ4v) is 1.58. The van der Waals surface area contributed by atoms with E-state index in [1.807, 2.05) is 0 Å². The van der Waals surface area contributed by atoms with Gasteiger partial charge in [-0.15, -0.1) is 0 Å². The van der Waals surface area contributed by atoms with E-state index in [4.69, 9.17) is 10.8 Å². The van der Waals surface area contributed by atoms with Gasteiger partial charge >= 0.3 is 11.8 Å². The first-order chi connectivity index (χ1) is 8.02. The number of aromatic nitrogens is 1. The molecular formula is C10H7N3O4. The van der Waals surface area contributed by atoms with Gasteiger partial charge in [0.15, 0.2) is 5.52 Å². The largest absolute Gasteiger partial charge is 0.478 e. The van der Waals surface area contributed by atoms with Crippen molar-refractivity contribution in [3.05, 3.63) is 39.9 Å². The molecule has 0 atom stereocenters. The highest BCUT2D eigenvalue weighted by atomic mass is 16.6. The number of rotatable bonds is 2. The van der Waals surface area contributed by atoms with Crippen LogP contribution in [0.3, 0.4) is 0 Å². The van der Waals surface area contributed by atoms with E-state index in [1.54, 1.807) is 12.1 Å². The number of nitro groups is 1. The average Bonchev–Trinajstić information content (AvgIpc) is 2.27. The van der Waals surface area contributed by atoms with Crippen LogP contribution in [0, 0.1) is 10.1 Å². The van der Waals surface area contributed by atoms with E-state index in [0.29, 0.717) is 0 Å². The quantitative estimate of drug-likeness (QED) is 0.597. The molecule has 0 spiro atoms. The summed E-state index contributed by atoms with van der Waals surface area (Å²) in [6.45, 7) is 0. The van der Waals surface area contributed by atoms with Crippen molar-refractivity contribution in [1.29, 1.82) is 0 Å². The molecule has 0 saturated carbocycles. The van der Waals surface area contributed by atoms with Crippen molar-refractivity contribution in [2.45, 2.75) is 0 Å². The Bertz CT molecular complexity index is 639. The van der Waals surface area contributed by atoms with E-state index >= 15 is 0 Å². The molecule has 1 heterocycles. The van der Waals surface area contributed by atoms with E-state index in [1.165, 1.54) is 12.1 Å². The number of nitrogens with zero attached hydrogens (tertiary/aromatic N) is 2. The summed E-state index contributed by atoms with van der Waals surface area (Å²) < 4.78 is 0. The highest BCUT2D eigenvalue weighted by molar-refractivity contribution is 6.08. The molecule has 0 aliphatic carbocycles. The van der Waals surface area contributed by atoms with Crippen molar-refractivity contribution in [2.75, 3.05) is 5.73 Å². The second-order valence-electron chi connectivity index (χ2n) is 3.30. The van der Waals surface area contributed by atoms with E-state index in [2.05, 4.69) is 4.98 Å². The maximum absolute atomic E-state index is 11.1. The molecule has 2 rings (SSSR count). The maximum Gasteiger partial charge on any atom is 0.388 e. The number of aromatic carboxylic acids is 1. The summed E-state index contributed by atoms with van der Waals surface area (Å²) in [5, 5.41) is 20.0. The second kappa shape index (κ2) is 3.71. The third-order valence-corrected chi connectivity index (χ3v) is 2.30. The summed E-state index contributed by atoms with van der Waals surface area (Å²) >= 11 is 0. The molecule has 0 fully saturated rings. The Hall–Kier alpha value is -2.70. The predicted molar refractivity (Wildman–Crippen MR) is 59.8 cm³/mol. The summed E-state index contributed by atoms with van der Waals surface area (Å²) in [4.78, 5) is 24.7. The van der Waals surface area contributed by atoms with Crippen molar-refractivity contribution in [3.8, 4) is 0 Å². The number of carboxylic acids is 1. The van der Waals surface area contributed by atoms with Gasteiger partial charge in [-0.1, -0.05) is 12.1 Å². The van der Waals surface area contributed by atoms with Crippen LogP contribution < -0.4 is 5.73 Å². The number of benzene rings is 1. The summed E-state index contributed by atoms with van der Waals surface area (Å²) in [6.07, 6.45) is 0. The molecule has 7 heteroatoms. The third-order valence-electron chi connectivity index (χ3n) is 2.30. The number of carbonyl (C=O) groups is 1. The van der Waals surface area contributed by atoms with Gasteiger partial charge in [-0.2, -0.15) is 0 Å².